The van der Waals surface area contributed by atoms with Crippen molar-refractivity contribution in [3.05, 3.63) is 68.1 Å². The second kappa shape index (κ2) is 11.2. The molecule has 14 heteroatoms. The van der Waals surface area contributed by atoms with Crippen molar-refractivity contribution in [1.82, 2.24) is 4.98 Å². The highest BCUT2D eigenvalue weighted by atomic mass is 32.2. The number of esters is 1. The number of nitrogens with one attached hydrogen (secondary N) is 1. The predicted molar refractivity (Wildman–Crippen MR) is 144 cm³/mol. The highest BCUT2D eigenvalue weighted by Crippen LogP contribution is 2.54. The average Bonchev–Trinajstić information content (AvgIpc) is 3.42. The van der Waals surface area contributed by atoms with Crippen molar-refractivity contribution in [2.75, 3.05) is 24.7 Å². The molecule has 3 atom stereocenters. The van der Waals surface area contributed by atoms with Gasteiger partial charge in [-0.15, -0.1) is 0 Å². The SMILES string of the molecule is CCOC(=O)COc1ccc([C@@H]2c3sc(=O)[nH]c3S[C@H]3C(=O)N(c4cccc(C(F)(F)F)c4)C(=O)[C@@H]23)cc1OCC. The highest BCUT2D eigenvalue weighted by molar-refractivity contribution is 8.00. The molecule has 3 aromatic rings. The minimum absolute atomic E-state index is 0.182. The molecule has 1 fully saturated rings. The van der Waals surface area contributed by atoms with Crippen molar-refractivity contribution in [3.63, 3.8) is 0 Å². The van der Waals surface area contributed by atoms with Gasteiger partial charge in [-0.3, -0.25) is 14.4 Å². The first-order valence-electron chi connectivity index (χ1n) is 12.5. The molecule has 0 saturated carbocycles. The molecule has 0 bridgehead atoms. The molecule has 1 aromatic heterocycles. The third-order valence-electron chi connectivity index (χ3n) is 6.53. The van der Waals surface area contributed by atoms with Gasteiger partial charge in [-0.05, 0) is 49.7 Å². The van der Waals surface area contributed by atoms with E-state index in [1.807, 2.05) is 0 Å². The Labute approximate surface area is 239 Å². The standard InChI is InChI=1S/C27H23F3N2O7S2/c1-3-37-17-10-13(8-9-16(17)39-12-18(33)38-4-2)19-20-22(40-23-21(19)41-26(36)31-23)25(35)32(24(20)34)15-7-5-6-14(11-15)27(28,29)30/h5-11,19-20,22H,3-4,12H2,1-2H3,(H,31,36)/t19-,20-,22+/m0/s1. The molecule has 2 aromatic carbocycles. The molecule has 0 spiro atoms. The molecular weight excluding hydrogens is 585 g/mol. The molecule has 5 rings (SSSR count). The van der Waals surface area contributed by atoms with Gasteiger partial charge in [0, 0.05) is 10.8 Å². The summed E-state index contributed by atoms with van der Waals surface area (Å²) in [7, 11) is 0. The molecule has 216 valence electrons. The Morgan fingerprint density at radius 3 is 2.49 bits per heavy atom. The third kappa shape index (κ3) is 5.45. The van der Waals surface area contributed by atoms with E-state index in [0.29, 0.717) is 15.5 Å². The summed E-state index contributed by atoms with van der Waals surface area (Å²) < 4.78 is 56.4. The summed E-state index contributed by atoms with van der Waals surface area (Å²) in [6.07, 6.45) is -4.66. The zero-order valence-electron chi connectivity index (χ0n) is 21.7. The first-order valence-corrected chi connectivity index (χ1v) is 14.2. The zero-order valence-corrected chi connectivity index (χ0v) is 23.3. The fourth-order valence-corrected chi connectivity index (χ4v) is 7.41. The number of rotatable bonds is 8. The lowest BCUT2D eigenvalue weighted by molar-refractivity contribution is -0.145. The average molecular weight is 609 g/mol. The van der Waals surface area contributed by atoms with E-state index in [4.69, 9.17) is 14.2 Å². The Kier molecular flexibility index (Phi) is 7.88. The van der Waals surface area contributed by atoms with Crippen molar-refractivity contribution in [3.8, 4) is 11.5 Å². The first-order chi connectivity index (χ1) is 19.5. The summed E-state index contributed by atoms with van der Waals surface area (Å²) in [5, 5.41) is -0.575. The fourth-order valence-electron chi connectivity index (χ4n) is 4.90. The molecule has 41 heavy (non-hydrogen) atoms. The van der Waals surface area contributed by atoms with Crippen LogP contribution in [-0.4, -0.2) is 47.8 Å². The van der Waals surface area contributed by atoms with Crippen LogP contribution in [-0.2, 0) is 25.3 Å². The number of thiazole rings is 1. The van der Waals surface area contributed by atoms with Gasteiger partial charge in [0.1, 0.15) is 5.25 Å². The van der Waals surface area contributed by atoms with Gasteiger partial charge in [-0.25, -0.2) is 9.69 Å². The monoisotopic (exact) mass is 608 g/mol. The summed E-state index contributed by atoms with van der Waals surface area (Å²) in [6, 6.07) is 8.86. The normalized spacial score (nSPS) is 20.0. The number of imide groups is 1. The lowest BCUT2D eigenvalue weighted by Crippen LogP contribution is -2.32. The van der Waals surface area contributed by atoms with E-state index in [-0.39, 0.29) is 41.9 Å². The highest BCUT2D eigenvalue weighted by Gasteiger charge is 2.56. The number of H-pyrrole nitrogens is 1. The van der Waals surface area contributed by atoms with Crippen LogP contribution in [0.4, 0.5) is 18.9 Å². The van der Waals surface area contributed by atoms with Crippen LogP contribution in [0.3, 0.4) is 0 Å². The van der Waals surface area contributed by atoms with Gasteiger partial charge in [-0.2, -0.15) is 13.2 Å². The number of nitrogens with zero attached hydrogens (tertiary/aromatic N) is 1. The van der Waals surface area contributed by atoms with Crippen molar-refractivity contribution < 1.29 is 41.8 Å². The second-order valence-electron chi connectivity index (χ2n) is 9.04. The molecule has 2 amide bonds. The van der Waals surface area contributed by atoms with Crippen LogP contribution >= 0.6 is 23.1 Å². The Morgan fingerprint density at radius 2 is 1.78 bits per heavy atom. The van der Waals surface area contributed by atoms with Gasteiger partial charge in [0.25, 0.3) is 0 Å². The topological polar surface area (TPSA) is 115 Å². The van der Waals surface area contributed by atoms with Gasteiger partial charge in [0.15, 0.2) is 18.1 Å². The third-order valence-corrected chi connectivity index (χ3v) is 8.93. The van der Waals surface area contributed by atoms with Crippen LogP contribution < -0.4 is 19.2 Å². The molecule has 0 aliphatic carbocycles. The number of aromatic amines is 1. The van der Waals surface area contributed by atoms with Gasteiger partial charge < -0.3 is 19.2 Å². The second-order valence-corrected chi connectivity index (χ2v) is 11.2. The summed E-state index contributed by atoms with van der Waals surface area (Å²) >= 11 is 1.91. The number of benzene rings is 2. The Hall–Kier alpha value is -3.78. The predicted octanol–water partition coefficient (Wildman–Crippen LogP) is 4.59. The van der Waals surface area contributed by atoms with Gasteiger partial charge in [0.05, 0.1) is 35.4 Å². The number of thioether (sulfide) groups is 1. The number of ether oxygens (including phenoxy) is 3. The van der Waals surface area contributed by atoms with Gasteiger partial charge in [-0.1, -0.05) is 35.2 Å². The molecule has 1 saturated heterocycles. The molecule has 2 aliphatic rings. The first kappa shape index (κ1) is 28.7. The number of fused-ring (bicyclic) bond motifs is 2. The number of aromatic nitrogens is 1. The largest absolute Gasteiger partial charge is 0.490 e. The Morgan fingerprint density at radius 1 is 1.00 bits per heavy atom. The molecule has 9 nitrogen and oxygen atoms in total. The van der Waals surface area contributed by atoms with Gasteiger partial charge in [0.2, 0.25) is 11.8 Å². The Bertz CT molecular complexity index is 1570. The molecule has 0 radical (unpaired) electrons. The quantitative estimate of drug-likeness (QED) is 0.292. The van der Waals surface area contributed by atoms with Crippen LogP contribution in [0.2, 0.25) is 0 Å². The van der Waals surface area contributed by atoms with Crippen molar-refractivity contribution >= 4 is 46.6 Å². The van der Waals surface area contributed by atoms with E-state index in [1.165, 1.54) is 6.07 Å². The van der Waals surface area contributed by atoms with Crippen LogP contribution in [0.1, 0.15) is 35.8 Å². The van der Waals surface area contributed by atoms with E-state index in [9.17, 15) is 32.3 Å². The number of anilines is 1. The van der Waals surface area contributed by atoms with E-state index in [1.54, 1.807) is 32.0 Å². The van der Waals surface area contributed by atoms with Crippen LogP contribution in [0, 0.1) is 5.92 Å². The number of hydrogen-bond donors (Lipinski definition) is 1. The zero-order chi connectivity index (χ0) is 29.5. The molecule has 3 heterocycles. The smallest absolute Gasteiger partial charge is 0.416 e. The number of carbonyl (C=O) groups excluding carboxylic acids is 3. The summed E-state index contributed by atoms with van der Waals surface area (Å²) in [5.41, 5.74) is -0.646. The van der Waals surface area contributed by atoms with E-state index >= 15 is 0 Å². The lowest BCUT2D eigenvalue weighted by atomic mass is 9.83. The van der Waals surface area contributed by atoms with E-state index in [2.05, 4.69) is 4.98 Å². The Balaban J connectivity index is 1.56. The van der Waals surface area contributed by atoms with E-state index in [0.717, 1.165) is 46.2 Å². The maximum atomic E-state index is 13.8. The summed E-state index contributed by atoms with van der Waals surface area (Å²) in [6.45, 7) is 3.49. The number of amides is 2. The van der Waals surface area contributed by atoms with E-state index < -0.39 is 46.6 Å². The number of alkyl halides is 3. The fraction of sp³-hybridized carbons (Fsp3) is 0.333. The molecule has 2 aliphatic heterocycles. The summed E-state index contributed by atoms with van der Waals surface area (Å²) in [5.74, 6) is -3.21. The maximum absolute atomic E-state index is 13.8. The number of halogens is 3. The van der Waals surface area contributed by atoms with Crippen molar-refractivity contribution in [2.45, 2.75) is 36.2 Å². The van der Waals surface area contributed by atoms with Crippen molar-refractivity contribution in [1.29, 1.82) is 0 Å². The number of hydrogen-bond acceptors (Lipinski definition) is 9. The lowest BCUT2D eigenvalue weighted by Gasteiger charge is -2.30. The van der Waals surface area contributed by atoms with Crippen LogP contribution in [0.15, 0.2) is 52.3 Å². The molecule has 1 N–H and O–H groups in total. The molecule has 0 unspecified atom stereocenters. The maximum Gasteiger partial charge on any atom is 0.416 e. The van der Waals surface area contributed by atoms with Crippen molar-refractivity contribution in [2.24, 2.45) is 5.92 Å². The van der Waals surface area contributed by atoms with Crippen LogP contribution in [0.25, 0.3) is 0 Å². The minimum atomic E-state index is -4.66. The summed E-state index contributed by atoms with van der Waals surface area (Å²) in [4.78, 5) is 55.2. The minimum Gasteiger partial charge on any atom is -0.490 e. The number of carbonyl (C=O) groups is 3. The van der Waals surface area contributed by atoms with Gasteiger partial charge >= 0.3 is 17.0 Å². The van der Waals surface area contributed by atoms with Crippen LogP contribution in [0.5, 0.6) is 11.5 Å². The molecular formula is C27H23F3N2O7S2.